The lowest BCUT2D eigenvalue weighted by Crippen LogP contribution is -2.18. The number of amides is 1. The van der Waals surface area contributed by atoms with Gasteiger partial charge in [-0.05, 0) is 15.9 Å². The SMILES string of the molecule is CNc1nc(C(Cl)OC)nc(C(N)=O)c1Br. The molecule has 88 valence electrons. The number of rotatable bonds is 4. The molecule has 0 spiro atoms. The highest BCUT2D eigenvalue weighted by Gasteiger charge is 2.19. The molecular weight excluding hydrogens is 299 g/mol. The number of ether oxygens (including phenoxy) is 1. The lowest BCUT2D eigenvalue weighted by molar-refractivity contribution is 0.0993. The Bertz CT molecular complexity index is 415. The fraction of sp³-hybridized carbons (Fsp3) is 0.375. The van der Waals surface area contributed by atoms with E-state index in [1.54, 1.807) is 7.05 Å². The largest absolute Gasteiger partial charge is 0.372 e. The smallest absolute Gasteiger partial charge is 0.268 e. The molecule has 6 nitrogen and oxygen atoms in total. The lowest BCUT2D eigenvalue weighted by atomic mass is 10.3. The van der Waals surface area contributed by atoms with Crippen LogP contribution >= 0.6 is 27.5 Å². The topological polar surface area (TPSA) is 90.1 Å². The van der Waals surface area contributed by atoms with Crippen molar-refractivity contribution in [2.24, 2.45) is 5.73 Å². The number of aromatic nitrogens is 2. The van der Waals surface area contributed by atoms with Crippen molar-refractivity contribution in [3.8, 4) is 0 Å². The maximum absolute atomic E-state index is 11.1. The van der Waals surface area contributed by atoms with Gasteiger partial charge in [0.15, 0.2) is 11.4 Å². The number of carbonyl (C=O) groups excluding carboxylic acids is 1. The second kappa shape index (κ2) is 5.42. The third-order valence-electron chi connectivity index (χ3n) is 1.75. The van der Waals surface area contributed by atoms with Crippen LogP contribution in [0.1, 0.15) is 21.9 Å². The Labute approximate surface area is 106 Å². The van der Waals surface area contributed by atoms with Crippen LogP contribution in [0.5, 0.6) is 0 Å². The zero-order valence-electron chi connectivity index (χ0n) is 8.62. The van der Waals surface area contributed by atoms with E-state index in [0.29, 0.717) is 10.3 Å². The molecule has 1 unspecified atom stereocenters. The van der Waals surface area contributed by atoms with E-state index < -0.39 is 11.5 Å². The number of carbonyl (C=O) groups is 1. The molecule has 0 aliphatic heterocycles. The van der Waals surface area contributed by atoms with Gasteiger partial charge in [-0.15, -0.1) is 0 Å². The van der Waals surface area contributed by atoms with Crippen molar-refractivity contribution < 1.29 is 9.53 Å². The Morgan fingerprint density at radius 1 is 1.62 bits per heavy atom. The predicted molar refractivity (Wildman–Crippen MR) is 63.4 cm³/mol. The lowest BCUT2D eigenvalue weighted by Gasteiger charge is -2.11. The van der Waals surface area contributed by atoms with E-state index in [1.165, 1.54) is 7.11 Å². The minimum absolute atomic E-state index is 0.0528. The number of alkyl halides is 1. The number of hydrogen-bond donors (Lipinski definition) is 2. The molecule has 0 aromatic carbocycles. The molecule has 1 rings (SSSR count). The normalized spacial score (nSPS) is 12.2. The Kier molecular flexibility index (Phi) is 4.45. The monoisotopic (exact) mass is 308 g/mol. The highest BCUT2D eigenvalue weighted by atomic mass is 79.9. The number of anilines is 1. The van der Waals surface area contributed by atoms with Crippen molar-refractivity contribution in [3.05, 3.63) is 16.0 Å². The maximum atomic E-state index is 11.1. The van der Waals surface area contributed by atoms with Crippen LogP contribution in [0.4, 0.5) is 5.82 Å². The molecule has 0 saturated heterocycles. The first-order valence-corrected chi connectivity index (χ1v) is 5.46. The summed E-state index contributed by atoms with van der Waals surface area (Å²) < 4.78 is 5.25. The standard InChI is InChI=1S/C8H10BrClN4O2/c1-12-7-3(9)4(6(11)15)13-8(14-7)5(10)16-2/h5H,1-2H3,(H2,11,15)(H,12,13,14). The fourth-order valence-corrected chi connectivity index (χ4v) is 1.67. The van der Waals surface area contributed by atoms with Crippen LogP contribution in [0.3, 0.4) is 0 Å². The summed E-state index contributed by atoms with van der Waals surface area (Å²) in [6.45, 7) is 0. The van der Waals surface area contributed by atoms with Crippen molar-refractivity contribution in [1.29, 1.82) is 0 Å². The Hall–Kier alpha value is -0.920. The number of primary amides is 1. The van der Waals surface area contributed by atoms with Gasteiger partial charge in [0.05, 0.1) is 4.47 Å². The maximum Gasteiger partial charge on any atom is 0.268 e. The number of halogens is 2. The first-order chi connectivity index (χ1) is 7.51. The van der Waals surface area contributed by atoms with Gasteiger partial charge in [0.1, 0.15) is 11.5 Å². The molecular formula is C8H10BrClN4O2. The zero-order valence-corrected chi connectivity index (χ0v) is 11.0. The average molecular weight is 310 g/mol. The Morgan fingerprint density at radius 3 is 2.69 bits per heavy atom. The number of methoxy groups -OCH3 is 1. The van der Waals surface area contributed by atoms with E-state index in [-0.39, 0.29) is 11.5 Å². The Balaban J connectivity index is 3.34. The second-order valence-corrected chi connectivity index (χ2v) is 3.95. The summed E-state index contributed by atoms with van der Waals surface area (Å²) in [6, 6.07) is 0. The minimum atomic E-state index is -0.835. The summed E-state index contributed by atoms with van der Waals surface area (Å²) in [7, 11) is 3.06. The van der Waals surface area contributed by atoms with Crippen LogP contribution < -0.4 is 11.1 Å². The van der Waals surface area contributed by atoms with Gasteiger partial charge >= 0.3 is 0 Å². The summed E-state index contributed by atoms with van der Waals surface area (Å²) in [5, 5.41) is 2.79. The van der Waals surface area contributed by atoms with Crippen molar-refractivity contribution in [2.45, 2.75) is 5.56 Å². The van der Waals surface area contributed by atoms with E-state index in [9.17, 15) is 4.79 Å². The van der Waals surface area contributed by atoms with Crippen molar-refractivity contribution in [1.82, 2.24) is 9.97 Å². The number of nitrogens with zero attached hydrogens (tertiary/aromatic N) is 2. The fourth-order valence-electron chi connectivity index (χ4n) is 1.00. The number of hydrogen-bond acceptors (Lipinski definition) is 5. The molecule has 8 heteroatoms. The van der Waals surface area contributed by atoms with Gasteiger partial charge in [-0.1, -0.05) is 11.6 Å². The van der Waals surface area contributed by atoms with Crippen LogP contribution in [0.15, 0.2) is 4.47 Å². The molecule has 1 amide bonds. The molecule has 1 heterocycles. The molecule has 0 fully saturated rings. The summed E-state index contributed by atoms with van der Waals surface area (Å²) >= 11 is 8.98. The Morgan fingerprint density at radius 2 is 2.25 bits per heavy atom. The van der Waals surface area contributed by atoms with Gasteiger partial charge in [-0.2, -0.15) is 0 Å². The summed E-state index contributed by atoms with van der Waals surface area (Å²) in [5.41, 5.74) is 4.40. The molecule has 16 heavy (non-hydrogen) atoms. The predicted octanol–water partition coefficient (Wildman–Crippen LogP) is 1.26. The van der Waals surface area contributed by atoms with Crippen LogP contribution in [0, 0.1) is 0 Å². The van der Waals surface area contributed by atoms with Gasteiger partial charge in [-0.3, -0.25) is 4.79 Å². The summed E-state index contributed by atoms with van der Waals surface area (Å²) in [5.74, 6) is -0.0842. The number of nitrogens with two attached hydrogens (primary N) is 1. The van der Waals surface area contributed by atoms with Crippen molar-refractivity contribution in [3.63, 3.8) is 0 Å². The van der Waals surface area contributed by atoms with Crippen LogP contribution in [0.25, 0.3) is 0 Å². The minimum Gasteiger partial charge on any atom is -0.372 e. The van der Waals surface area contributed by atoms with Crippen LogP contribution in [0.2, 0.25) is 0 Å². The highest BCUT2D eigenvalue weighted by Crippen LogP contribution is 2.26. The zero-order chi connectivity index (χ0) is 12.3. The molecule has 0 aliphatic carbocycles. The van der Waals surface area contributed by atoms with E-state index in [4.69, 9.17) is 22.1 Å². The molecule has 0 radical (unpaired) electrons. The first-order valence-electron chi connectivity index (χ1n) is 4.23. The van der Waals surface area contributed by atoms with E-state index in [1.807, 2.05) is 0 Å². The van der Waals surface area contributed by atoms with Crippen molar-refractivity contribution in [2.75, 3.05) is 19.5 Å². The van der Waals surface area contributed by atoms with Gasteiger partial charge in [-0.25, -0.2) is 9.97 Å². The number of nitrogens with one attached hydrogen (secondary N) is 1. The summed E-state index contributed by atoms with van der Waals surface area (Å²) in [6.07, 6.45) is 0. The molecule has 1 aromatic rings. The molecule has 0 aliphatic rings. The third kappa shape index (κ3) is 2.60. The summed E-state index contributed by atoms with van der Waals surface area (Å²) in [4.78, 5) is 19.1. The van der Waals surface area contributed by atoms with E-state index in [0.717, 1.165) is 0 Å². The molecule has 1 aromatic heterocycles. The van der Waals surface area contributed by atoms with E-state index in [2.05, 4.69) is 31.2 Å². The first kappa shape index (κ1) is 13.1. The second-order valence-electron chi connectivity index (χ2n) is 2.76. The van der Waals surface area contributed by atoms with Gasteiger partial charge < -0.3 is 15.8 Å². The van der Waals surface area contributed by atoms with Crippen LogP contribution in [-0.2, 0) is 4.74 Å². The molecule has 3 N–H and O–H groups in total. The molecule has 1 atom stereocenters. The van der Waals surface area contributed by atoms with Gasteiger partial charge in [0.25, 0.3) is 5.91 Å². The van der Waals surface area contributed by atoms with Crippen LogP contribution in [-0.4, -0.2) is 30.0 Å². The van der Waals surface area contributed by atoms with Gasteiger partial charge in [0, 0.05) is 14.2 Å². The third-order valence-corrected chi connectivity index (χ3v) is 2.87. The average Bonchev–Trinajstić information content (AvgIpc) is 2.27. The molecule has 0 bridgehead atoms. The molecule has 0 saturated carbocycles. The highest BCUT2D eigenvalue weighted by molar-refractivity contribution is 9.10. The van der Waals surface area contributed by atoms with Gasteiger partial charge in [0.2, 0.25) is 0 Å². The van der Waals surface area contributed by atoms with E-state index >= 15 is 0 Å². The quantitative estimate of drug-likeness (QED) is 0.817. The van der Waals surface area contributed by atoms with Crippen molar-refractivity contribution >= 4 is 39.3 Å².